The van der Waals surface area contributed by atoms with E-state index in [9.17, 15) is 9.59 Å². The van der Waals surface area contributed by atoms with Crippen molar-refractivity contribution < 1.29 is 4.79 Å². The van der Waals surface area contributed by atoms with Crippen molar-refractivity contribution in [1.82, 2.24) is 20.3 Å². The summed E-state index contributed by atoms with van der Waals surface area (Å²) >= 11 is 0. The zero-order chi connectivity index (χ0) is 23.9. The summed E-state index contributed by atoms with van der Waals surface area (Å²) in [6.45, 7) is 3.65. The second-order valence-corrected chi connectivity index (χ2v) is 8.45. The molecule has 1 fully saturated rings. The van der Waals surface area contributed by atoms with Crippen LogP contribution in [-0.4, -0.2) is 61.1 Å². The van der Waals surface area contributed by atoms with Crippen molar-refractivity contribution in [3.8, 4) is 11.3 Å². The summed E-state index contributed by atoms with van der Waals surface area (Å²) in [5.74, 6) is 0.251. The smallest absolute Gasteiger partial charge is 0.271 e. The Bertz CT molecular complexity index is 1170. The first-order valence-corrected chi connectivity index (χ1v) is 11.6. The summed E-state index contributed by atoms with van der Waals surface area (Å²) in [7, 11) is 3.82. The fraction of sp³-hybridized carbons (Fsp3) is 0.360. The number of H-pyrrole nitrogens is 1. The molecule has 1 aliphatic heterocycles. The Morgan fingerprint density at radius 1 is 1.15 bits per heavy atom. The maximum atomic E-state index is 12.8. The highest BCUT2D eigenvalue weighted by Gasteiger charge is 2.14. The highest BCUT2D eigenvalue weighted by Crippen LogP contribution is 2.22. The van der Waals surface area contributed by atoms with E-state index in [1.54, 1.807) is 36.7 Å². The molecule has 3 N–H and O–H groups in total. The molecule has 0 bridgehead atoms. The quantitative estimate of drug-likeness (QED) is 0.474. The lowest BCUT2D eigenvalue weighted by Crippen LogP contribution is -2.29. The Morgan fingerprint density at radius 2 is 1.91 bits per heavy atom. The van der Waals surface area contributed by atoms with E-state index in [-0.39, 0.29) is 17.2 Å². The van der Waals surface area contributed by atoms with Crippen molar-refractivity contribution in [2.24, 2.45) is 0 Å². The molecule has 1 amide bonds. The molecule has 3 heterocycles. The topological polar surface area (TPSA) is 106 Å². The summed E-state index contributed by atoms with van der Waals surface area (Å²) in [6.07, 6.45) is 6.93. The van der Waals surface area contributed by atoms with Gasteiger partial charge in [0, 0.05) is 62.4 Å². The van der Waals surface area contributed by atoms with Crippen molar-refractivity contribution in [2.75, 3.05) is 55.4 Å². The van der Waals surface area contributed by atoms with Crippen LogP contribution in [0.4, 0.5) is 17.3 Å². The highest BCUT2D eigenvalue weighted by atomic mass is 16.2. The van der Waals surface area contributed by atoms with Gasteiger partial charge in [-0.05, 0) is 62.7 Å². The van der Waals surface area contributed by atoms with Crippen LogP contribution in [-0.2, 0) is 0 Å². The molecule has 3 aromatic rings. The van der Waals surface area contributed by atoms with Gasteiger partial charge in [-0.25, -0.2) is 9.97 Å². The number of anilines is 3. The number of rotatable bonds is 8. The van der Waals surface area contributed by atoms with E-state index in [1.165, 1.54) is 19.3 Å². The van der Waals surface area contributed by atoms with E-state index in [2.05, 4.69) is 30.5 Å². The summed E-state index contributed by atoms with van der Waals surface area (Å²) in [4.78, 5) is 41.1. The largest absolute Gasteiger partial charge is 0.372 e. The predicted octanol–water partition coefficient (Wildman–Crippen LogP) is 2.73. The molecule has 0 radical (unpaired) electrons. The van der Waals surface area contributed by atoms with Crippen molar-refractivity contribution in [3.05, 3.63) is 64.7 Å². The number of carbonyl (C=O) groups excluding carboxylic acids is 1. The monoisotopic (exact) mass is 461 g/mol. The lowest BCUT2D eigenvalue weighted by molar-refractivity contribution is 0.102. The van der Waals surface area contributed by atoms with Gasteiger partial charge in [0.25, 0.3) is 11.5 Å². The summed E-state index contributed by atoms with van der Waals surface area (Å²) in [5, 5.41) is 5.84. The molecule has 9 heteroatoms. The van der Waals surface area contributed by atoms with Crippen LogP contribution in [0.1, 0.15) is 29.6 Å². The van der Waals surface area contributed by atoms with Gasteiger partial charge in [0.05, 0.1) is 5.69 Å². The molecule has 1 aliphatic rings. The number of likely N-dealkylation sites (N-methyl/N-ethyl adjacent to an activating group) is 2. The number of amides is 1. The molecular weight excluding hydrogens is 430 g/mol. The van der Waals surface area contributed by atoms with E-state index in [0.29, 0.717) is 22.8 Å². The van der Waals surface area contributed by atoms with Crippen molar-refractivity contribution in [2.45, 2.75) is 19.3 Å². The van der Waals surface area contributed by atoms with Crippen LogP contribution in [0.15, 0.2) is 53.6 Å². The number of aromatic amines is 1. The van der Waals surface area contributed by atoms with E-state index in [4.69, 9.17) is 0 Å². The number of pyridine rings is 1. The first-order valence-electron chi connectivity index (χ1n) is 11.6. The standard InChI is InChI=1S/C25H31N7O2/c1-26-12-15-31(2)25-27-11-10-21(30-25)19-16-22(24(34)28-17-19)29-23(33)18-6-8-20(9-7-18)32-13-4-3-5-14-32/h6-11,16-17,26H,3-5,12-15H2,1-2H3,(H,28,34)(H,29,33). The van der Waals surface area contributed by atoms with Gasteiger partial charge < -0.3 is 25.4 Å². The van der Waals surface area contributed by atoms with Crippen LogP contribution < -0.4 is 26.0 Å². The first kappa shape index (κ1) is 23.4. The van der Waals surface area contributed by atoms with Crippen molar-refractivity contribution >= 4 is 23.2 Å². The fourth-order valence-electron chi connectivity index (χ4n) is 3.97. The third-order valence-electron chi connectivity index (χ3n) is 5.98. The average Bonchev–Trinajstić information content (AvgIpc) is 2.89. The first-order chi connectivity index (χ1) is 16.5. The summed E-state index contributed by atoms with van der Waals surface area (Å²) < 4.78 is 0. The minimum Gasteiger partial charge on any atom is -0.372 e. The SMILES string of the molecule is CNCCN(C)c1nccc(-c2c[nH]c(=O)c(NC(=O)c3ccc(N4CCCCC4)cc3)c2)n1. The number of aromatic nitrogens is 3. The molecule has 2 aromatic heterocycles. The second kappa shape index (κ2) is 10.9. The molecule has 0 aliphatic carbocycles. The maximum absolute atomic E-state index is 12.8. The zero-order valence-corrected chi connectivity index (χ0v) is 19.7. The molecule has 4 rings (SSSR count). The number of carbonyl (C=O) groups is 1. The molecule has 34 heavy (non-hydrogen) atoms. The minimum atomic E-state index is -0.373. The van der Waals surface area contributed by atoms with Gasteiger partial charge in [-0.3, -0.25) is 9.59 Å². The molecule has 178 valence electrons. The van der Waals surface area contributed by atoms with Gasteiger partial charge in [-0.1, -0.05) is 0 Å². The number of hydrogen-bond acceptors (Lipinski definition) is 7. The number of benzene rings is 1. The van der Waals surface area contributed by atoms with Crippen LogP contribution in [0.25, 0.3) is 11.3 Å². The zero-order valence-electron chi connectivity index (χ0n) is 19.7. The summed E-state index contributed by atoms with van der Waals surface area (Å²) in [6, 6.07) is 10.9. The minimum absolute atomic E-state index is 0.173. The van der Waals surface area contributed by atoms with E-state index < -0.39 is 0 Å². The van der Waals surface area contributed by atoms with Gasteiger partial charge in [0.15, 0.2) is 0 Å². The van der Waals surface area contributed by atoms with Crippen LogP contribution in [0.2, 0.25) is 0 Å². The Labute approximate surface area is 199 Å². The van der Waals surface area contributed by atoms with Gasteiger partial charge in [-0.2, -0.15) is 0 Å². The third-order valence-corrected chi connectivity index (χ3v) is 5.98. The molecule has 1 aromatic carbocycles. The van der Waals surface area contributed by atoms with Crippen LogP contribution >= 0.6 is 0 Å². The molecule has 0 atom stereocenters. The van der Waals surface area contributed by atoms with Crippen molar-refractivity contribution in [1.29, 1.82) is 0 Å². The Morgan fingerprint density at radius 3 is 2.65 bits per heavy atom. The predicted molar refractivity (Wildman–Crippen MR) is 136 cm³/mol. The van der Waals surface area contributed by atoms with Gasteiger partial charge in [0.1, 0.15) is 5.69 Å². The van der Waals surface area contributed by atoms with Crippen LogP contribution in [0.5, 0.6) is 0 Å². The Kier molecular flexibility index (Phi) is 7.54. The molecule has 1 saturated heterocycles. The number of piperidine rings is 1. The van der Waals surface area contributed by atoms with Gasteiger partial charge >= 0.3 is 0 Å². The average molecular weight is 462 g/mol. The van der Waals surface area contributed by atoms with Gasteiger partial charge in [0.2, 0.25) is 5.95 Å². The highest BCUT2D eigenvalue weighted by molar-refractivity contribution is 6.04. The molecule has 0 spiro atoms. The van der Waals surface area contributed by atoms with E-state index >= 15 is 0 Å². The normalized spacial score (nSPS) is 13.5. The van der Waals surface area contributed by atoms with Crippen molar-refractivity contribution in [3.63, 3.8) is 0 Å². The Hall–Kier alpha value is -3.72. The maximum Gasteiger partial charge on any atom is 0.271 e. The lowest BCUT2D eigenvalue weighted by Gasteiger charge is -2.28. The summed E-state index contributed by atoms with van der Waals surface area (Å²) in [5.41, 5.74) is 2.75. The molecule has 0 saturated carbocycles. The number of nitrogens with zero attached hydrogens (tertiary/aromatic N) is 4. The molecule has 9 nitrogen and oxygen atoms in total. The molecule has 0 unspecified atom stereocenters. The van der Waals surface area contributed by atoms with Crippen LogP contribution in [0, 0.1) is 0 Å². The Balaban J connectivity index is 1.49. The van der Waals surface area contributed by atoms with Gasteiger partial charge in [-0.15, -0.1) is 0 Å². The van der Waals surface area contributed by atoms with E-state index in [0.717, 1.165) is 31.9 Å². The number of nitrogens with one attached hydrogen (secondary N) is 3. The third kappa shape index (κ3) is 5.60. The number of hydrogen-bond donors (Lipinski definition) is 3. The van der Waals surface area contributed by atoms with E-state index in [1.807, 2.05) is 31.1 Å². The lowest BCUT2D eigenvalue weighted by atomic mass is 10.1. The molecular formula is C25H31N7O2. The fourth-order valence-corrected chi connectivity index (χ4v) is 3.97. The second-order valence-electron chi connectivity index (χ2n) is 8.45. The van der Waals surface area contributed by atoms with Crippen LogP contribution in [0.3, 0.4) is 0 Å².